The number of benzene rings is 1. The largest absolute Gasteiger partial charge is 0.370 e. The van der Waals surface area contributed by atoms with Gasteiger partial charge in [0, 0.05) is 18.7 Å². The highest BCUT2D eigenvalue weighted by atomic mass is 16.5. The van der Waals surface area contributed by atoms with Gasteiger partial charge in [-0.1, -0.05) is 6.07 Å². The minimum Gasteiger partial charge on any atom is -0.370 e. The molecule has 1 unspecified atom stereocenters. The molecule has 1 saturated heterocycles. The maximum absolute atomic E-state index is 5.98. The molecule has 4 nitrogen and oxygen atoms in total. The molecular formula is C17H25N3O. The van der Waals surface area contributed by atoms with E-state index in [1.165, 1.54) is 11.9 Å². The Hall–Kier alpha value is -1.39. The zero-order chi connectivity index (χ0) is 15.0. The van der Waals surface area contributed by atoms with Crippen molar-refractivity contribution in [1.29, 1.82) is 0 Å². The van der Waals surface area contributed by atoms with Crippen LogP contribution in [0.15, 0.2) is 18.2 Å². The van der Waals surface area contributed by atoms with Crippen LogP contribution in [0.25, 0.3) is 11.0 Å². The Labute approximate surface area is 126 Å². The van der Waals surface area contributed by atoms with Gasteiger partial charge in [0.15, 0.2) is 0 Å². The summed E-state index contributed by atoms with van der Waals surface area (Å²) in [6, 6.07) is 6.34. The highest BCUT2D eigenvalue weighted by Gasteiger charge is 2.28. The van der Waals surface area contributed by atoms with E-state index in [0.717, 1.165) is 36.4 Å². The van der Waals surface area contributed by atoms with Crippen LogP contribution in [0, 0.1) is 0 Å². The molecule has 2 heterocycles. The second-order valence-corrected chi connectivity index (χ2v) is 6.86. The summed E-state index contributed by atoms with van der Waals surface area (Å²) in [7, 11) is 0. The molecule has 1 atom stereocenters. The smallest absolute Gasteiger partial charge is 0.139 e. The molecule has 114 valence electrons. The van der Waals surface area contributed by atoms with Crippen molar-refractivity contribution in [3.63, 3.8) is 0 Å². The third-order valence-corrected chi connectivity index (χ3v) is 4.12. The lowest BCUT2D eigenvalue weighted by atomic mass is 10.0. The van der Waals surface area contributed by atoms with Crippen molar-refractivity contribution in [2.75, 3.05) is 6.61 Å². The van der Waals surface area contributed by atoms with Crippen molar-refractivity contribution >= 4 is 11.0 Å². The molecule has 0 aliphatic carbocycles. The first-order valence-corrected chi connectivity index (χ1v) is 7.84. The second kappa shape index (κ2) is 5.43. The number of hydrogen-bond acceptors (Lipinski definition) is 3. The van der Waals surface area contributed by atoms with Crippen LogP contribution < -0.4 is 5.73 Å². The van der Waals surface area contributed by atoms with Crippen molar-refractivity contribution in [2.24, 2.45) is 5.73 Å². The van der Waals surface area contributed by atoms with Gasteiger partial charge in [-0.25, -0.2) is 4.98 Å². The van der Waals surface area contributed by atoms with Crippen LogP contribution in [-0.4, -0.2) is 16.2 Å². The molecule has 1 aromatic carbocycles. The van der Waals surface area contributed by atoms with E-state index in [9.17, 15) is 0 Å². The summed E-state index contributed by atoms with van der Waals surface area (Å²) < 4.78 is 8.31. The molecule has 0 bridgehead atoms. The zero-order valence-electron chi connectivity index (χ0n) is 13.2. The molecule has 1 aliphatic heterocycles. The topological polar surface area (TPSA) is 53.1 Å². The van der Waals surface area contributed by atoms with Gasteiger partial charge in [-0.15, -0.1) is 0 Å². The molecular weight excluding hydrogens is 262 g/mol. The number of imidazole rings is 1. The number of rotatable bonds is 2. The minimum absolute atomic E-state index is 0.0187. The number of fused-ring (bicyclic) bond motifs is 1. The van der Waals surface area contributed by atoms with E-state index >= 15 is 0 Å². The molecule has 4 heteroatoms. The number of hydrogen-bond donors (Lipinski definition) is 1. The third-order valence-electron chi connectivity index (χ3n) is 4.12. The molecule has 0 amide bonds. The molecule has 0 saturated carbocycles. The second-order valence-electron chi connectivity index (χ2n) is 6.86. The number of nitrogens with two attached hydrogens (primary N) is 1. The molecule has 2 aromatic rings. The zero-order valence-corrected chi connectivity index (χ0v) is 13.2. The predicted molar refractivity (Wildman–Crippen MR) is 85.2 cm³/mol. The number of aromatic nitrogens is 2. The van der Waals surface area contributed by atoms with Crippen LogP contribution in [0.1, 0.15) is 57.5 Å². The average Bonchev–Trinajstić information content (AvgIpc) is 2.86. The van der Waals surface area contributed by atoms with Crippen LogP contribution in [0.5, 0.6) is 0 Å². The predicted octanol–water partition coefficient (Wildman–Crippen LogP) is 3.49. The van der Waals surface area contributed by atoms with Gasteiger partial charge >= 0.3 is 0 Å². The summed E-state index contributed by atoms with van der Waals surface area (Å²) in [5.74, 6) is 1.06. The van der Waals surface area contributed by atoms with Gasteiger partial charge in [-0.2, -0.15) is 0 Å². The van der Waals surface area contributed by atoms with Crippen LogP contribution in [0.4, 0.5) is 0 Å². The van der Waals surface area contributed by atoms with Gasteiger partial charge in [-0.3, -0.25) is 0 Å². The van der Waals surface area contributed by atoms with Gasteiger partial charge in [0.05, 0.1) is 11.0 Å². The quantitative estimate of drug-likeness (QED) is 0.920. The lowest BCUT2D eigenvalue weighted by Gasteiger charge is -2.29. The Bertz CT molecular complexity index is 633. The van der Waals surface area contributed by atoms with Crippen molar-refractivity contribution in [3.8, 4) is 0 Å². The maximum Gasteiger partial charge on any atom is 0.139 e. The molecule has 2 N–H and O–H groups in total. The molecule has 1 aromatic heterocycles. The van der Waals surface area contributed by atoms with E-state index in [1.807, 2.05) is 0 Å². The van der Waals surface area contributed by atoms with Crippen LogP contribution in [-0.2, 0) is 16.8 Å². The summed E-state index contributed by atoms with van der Waals surface area (Å²) in [5, 5.41) is 0. The van der Waals surface area contributed by atoms with E-state index in [0.29, 0.717) is 6.54 Å². The molecule has 3 rings (SSSR count). The maximum atomic E-state index is 5.98. The lowest BCUT2D eigenvalue weighted by Crippen LogP contribution is -2.27. The fraction of sp³-hybridized carbons (Fsp3) is 0.588. The molecule has 1 aliphatic rings. The van der Waals surface area contributed by atoms with Crippen molar-refractivity contribution in [1.82, 2.24) is 9.55 Å². The van der Waals surface area contributed by atoms with Crippen LogP contribution in [0.3, 0.4) is 0 Å². The highest BCUT2D eigenvalue weighted by molar-refractivity contribution is 5.77. The van der Waals surface area contributed by atoms with Crippen LogP contribution >= 0.6 is 0 Å². The Morgan fingerprint density at radius 3 is 2.76 bits per heavy atom. The molecule has 1 fully saturated rings. The first-order valence-electron chi connectivity index (χ1n) is 7.84. The van der Waals surface area contributed by atoms with E-state index in [1.54, 1.807) is 0 Å². The molecule has 0 radical (unpaired) electrons. The Morgan fingerprint density at radius 2 is 2.14 bits per heavy atom. The monoisotopic (exact) mass is 287 g/mol. The van der Waals surface area contributed by atoms with Gasteiger partial charge in [-0.05, 0) is 57.7 Å². The van der Waals surface area contributed by atoms with Crippen molar-refractivity contribution in [3.05, 3.63) is 29.6 Å². The van der Waals surface area contributed by atoms with Gasteiger partial charge in [0.2, 0.25) is 0 Å². The molecule has 21 heavy (non-hydrogen) atoms. The van der Waals surface area contributed by atoms with E-state index in [2.05, 4.69) is 43.5 Å². The Kier molecular flexibility index (Phi) is 3.76. The standard InChI is InChI=1S/C17H25N3O/c1-17(2,3)20-14-8-7-12(11-18)10-13(14)19-16(20)15-6-4-5-9-21-15/h7-8,10,15H,4-6,9,11,18H2,1-3H3. The van der Waals surface area contributed by atoms with Crippen LogP contribution in [0.2, 0.25) is 0 Å². The highest BCUT2D eigenvalue weighted by Crippen LogP contribution is 2.34. The molecule has 0 spiro atoms. The summed E-state index contributed by atoms with van der Waals surface area (Å²) in [6.07, 6.45) is 3.55. The van der Waals surface area contributed by atoms with E-state index in [-0.39, 0.29) is 11.6 Å². The SMILES string of the molecule is CC(C)(C)n1c(C2CCCCO2)nc2cc(CN)ccc21. The van der Waals surface area contributed by atoms with Gasteiger partial charge < -0.3 is 15.0 Å². The van der Waals surface area contributed by atoms with E-state index < -0.39 is 0 Å². The first-order chi connectivity index (χ1) is 10.0. The van der Waals surface area contributed by atoms with Crippen molar-refractivity contribution in [2.45, 2.75) is 58.2 Å². The van der Waals surface area contributed by atoms with Gasteiger partial charge in [0.1, 0.15) is 11.9 Å². The van der Waals surface area contributed by atoms with Crippen molar-refractivity contribution < 1.29 is 4.74 Å². The average molecular weight is 287 g/mol. The number of nitrogens with zero attached hydrogens (tertiary/aromatic N) is 2. The van der Waals surface area contributed by atoms with Gasteiger partial charge in [0.25, 0.3) is 0 Å². The summed E-state index contributed by atoms with van der Waals surface area (Å²) in [6.45, 7) is 8.05. The Morgan fingerprint density at radius 1 is 1.33 bits per heavy atom. The normalized spacial score (nSPS) is 20.1. The fourth-order valence-electron chi connectivity index (χ4n) is 3.14. The Balaban J connectivity index is 2.16. The summed E-state index contributed by atoms with van der Waals surface area (Å²) in [5.41, 5.74) is 9.05. The fourth-order valence-corrected chi connectivity index (χ4v) is 3.14. The lowest BCUT2D eigenvalue weighted by molar-refractivity contribution is 0.00565. The van der Waals surface area contributed by atoms with E-state index in [4.69, 9.17) is 15.5 Å². The first kappa shape index (κ1) is 14.5. The minimum atomic E-state index is -0.0187. The number of ether oxygens (including phenoxy) is 1. The third kappa shape index (κ3) is 2.70. The summed E-state index contributed by atoms with van der Waals surface area (Å²) >= 11 is 0. The summed E-state index contributed by atoms with van der Waals surface area (Å²) in [4.78, 5) is 4.89.